The van der Waals surface area contributed by atoms with E-state index < -0.39 is 0 Å². The first kappa shape index (κ1) is 21.6. The topological polar surface area (TPSA) is 79.8 Å². The lowest BCUT2D eigenvalue weighted by atomic mass is 10.2. The molecule has 0 radical (unpaired) electrons. The van der Waals surface area contributed by atoms with Crippen molar-refractivity contribution in [3.05, 3.63) is 65.9 Å². The molecule has 156 valence electrons. The number of aryl methyl sites for hydroxylation is 1. The van der Waals surface area contributed by atoms with E-state index in [1.807, 2.05) is 68.5 Å². The molecule has 2 aromatic carbocycles. The third-order valence-corrected chi connectivity index (χ3v) is 5.90. The zero-order valence-electron chi connectivity index (χ0n) is 17.3. The number of nitrogens with zero attached hydrogens (tertiary/aromatic N) is 1. The van der Waals surface area contributed by atoms with Gasteiger partial charge in [0.2, 0.25) is 5.91 Å². The van der Waals surface area contributed by atoms with Crippen LogP contribution in [0, 0.1) is 6.92 Å². The predicted molar refractivity (Wildman–Crippen MR) is 123 cm³/mol. The van der Waals surface area contributed by atoms with E-state index in [0.29, 0.717) is 17.2 Å². The van der Waals surface area contributed by atoms with Gasteiger partial charge in [-0.25, -0.2) is 4.99 Å². The fraction of sp³-hybridized carbons (Fsp3) is 0.261. The summed E-state index contributed by atoms with van der Waals surface area (Å²) in [5.41, 5.74) is 4.05. The minimum Gasteiger partial charge on any atom is -0.469 e. The van der Waals surface area contributed by atoms with E-state index in [1.54, 1.807) is 0 Å². The van der Waals surface area contributed by atoms with Crippen LogP contribution in [0.25, 0.3) is 0 Å². The number of fused-ring (bicyclic) bond motifs is 1. The van der Waals surface area contributed by atoms with Crippen molar-refractivity contribution < 1.29 is 14.3 Å². The molecule has 1 aliphatic rings. The monoisotopic (exact) mass is 423 g/mol. The van der Waals surface area contributed by atoms with Crippen molar-refractivity contribution >= 4 is 45.7 Å². The van der Waals surface area contributed by atoms with Crippen LogP contribution in [-0.4, -0.2) is 29.3 Å². The number of ether oxygens (including phenoxy) is 1. The van der Waals surface area contributed by atoms with Crippen LogP contribution >= 0.6 is 11.8 Å². The highest BCUT2D eigenvalue weighted by atomic mass is 32.2. The smallest absolute Gasteiger partial charge is 0.311 e. The fourth-order valence-electron chi connectivity index (χ4n) is 2.96. The number of para-hydroxylation sites is 3. The zero-order chi connectivity index (χ0) is 21.5. The van der Waals surface area contributed by atoms with Gasteiger partial charge < -0.3 is 15.4 Å². The highest BCUT2D eigenvalue weighted by molar-refractivity contribution is 8.15. The Labute approximate surface area is 180 Å². The maximum atomic E-state index is 12.9. The maximum Gasteiger partial charge on any atom is 0.311 e. The third-order valence-electron chi connectivity index (χ3n) is 4.62. The van der Waals surface area contributed by atoms with Gasteiger partial charge in [-0.3, -0.25) is 9.59 Å². The van der Waals surface area contributed by atoms with E-state index in [2.05, 4.69) is 10.6 Å². The third kappa shape index (κ3) is 5.51. The Morgan fingerprint density at radius 3 is 2.63 bits per heavy atom. The van der Waals surface area contributed by atoms with Crippen molar-refractivity contribution in [3.8, 4) is 0 Å². The van der Waals surface area contributed by atoms with Crippen molar-refractivity contribution in [2.24, 2.45) is 4.99 Å². The number of amides is 1. The van der Waals surface area contributed by atoms with Gasteiger partial charge in [0.15, 0.2) is 0 Å². The predicted octanol–water partition coefficient (Wildman–Crippen LogP) is 5.05. The number of methoxy groups -OCH3 is 1. The summed E-state index contributed by atoms with van der Waals surface area (Å²) in [6.07, 6.45) is 2.54. The van der Waals surface area contributed by atoms with E-state index >= 15 is 0 Å². The summed E-state index contributed by atoms with van der Waals surface area (Å²) in [6.45, 7) is 3.93. The molecule has 1 aliphatic heterocycles. The van der Waals surface area contributed by atoms with Crippen molar-refractivity contribution in [1.29, 1.82) is 0 Å². The quantitative estimate of drug-likeness (QED) is 0.636. The van der Waals surface area contributed by atoms with E-state index in [-0.39, 0.29) is 23.5 Å². The van der Waals surface area contributed by atoms with Crippen LogP contribution in [0.4, 0.5) is 17.1 Å². The number of aliphatic imine (C=N–C) groups is 1. The molecule has 6 nitrogen and oxygen atoms in total. The summed E-state index contributed by atoms with van der Waals surface area (Å²) in [7, 11) is 1.36. The van der Waals surface area contributed by atoms with E-state index in [4.69, 9.17) is 9.73 Å². The van der Waals surface area contributed by atoms with Crippen LogP contribution in [-0.2, 0) is 14.3 Å². The number of hydrogen-bond donors (Lipinski definition) is 2. The highest BCUT2D eigenvalue weighted by Gasteiger charge is 2.22. The lowest BCUT2D eigenvalue weighted by Gasteiger charge is -2.16. The van der Waals surface area contributed by atoms with E-state index in [9.17, 15) is 9.59 Å². The van der Waals surface area contributed by atoms with Gasteiger partial charge in [-0.2, -0.15) is 0 Å². The minimum atomic E-state index is -0.346. The van der Waals surface area contributed by atoms with Gasteiger partial charge in [0.1, 0.15) is 0 Å². The second kappa shape index (κ2) is 10.1. The maximum absolute atomic E-state index is 12.9. The number of rotatable bonds is 6. The van der Waals surface area contributed by atoms with Gasteiger partial charge >= 0.3 is 5.97 Å². The van der Waals surface area contributed by atoms with E-state index in [0.717, 1.165) is 22.6 Å². The second-order valence-electron chi connectivity index (χ2n) is 6.83. The van der Waals surface area contributed by atoms with Crippen LogP contribution in [0.15, 0.2) is 65.3 Å². The second-order valence-corrected chi connectivity index (χ2v) is 8.06. The van der Waals surface area contributed by atoms with Gasteiger partial charge in [0.05, 0.1) is 35.2 Å². The summed E-state index contributed by atoms with van der Waals surface area (Å²) in [5, 5.41) is 6.60. The first-order chi connectivity index (χ1) is 14.5. The van der Waals surface area contributed by atoms with Crippen molar-refractivity contribution in [1.82, 2.24) is 0 Å². The molecule has 0 spiro atoms. The zero-order valence-corrected chi connectivity index (χ0v) is 18.1. The number of carbonyl (C=O) groups excluding carboxylic acids is 2. The molecule has 0 aromatic heterocycles. The Morgan fingerprint density at radius 1 is 1.17 bits per heavy atom. The molecule has 0 saturated carbocycles. The summed E-state index contributed by atoms with van der Waals surface area (Å²) in [5.74, 6) is -0.422. The molecule has 2 N–H and O–H groups in total. The molecular formula is C23H25N3O3S. The first-order valence-electron chi connectivity index (χ1n) is 9.75. The summed E-state index contributed by atoms with van der Waals surface area (Å²) in [6, 6.07) is 15.3. The molecule has 7 heteroatoms. The van der Waals surface area contributed by atoms with Crippen LogP contribution in [0.2, 0.25) is 0 Å². The number of anilines is 2. The molecule has 1 unspecified atom stereocenters. The largest absolute Gasteiger partial charge is 0.469 e. The van der Waals surface area contributed by atoms with Gasteiger partial charge in [-0.15, -0.1) is 0 Å². The first-order valence-corrected chi connectivity index (χ1v) is 10.6. The van der Waals surface area contributed by atoms with Crippen LogP contribution in [0.1, 0.15) is 25.3 Å². The van der Waals surface area contributed by atoms with Crippen LogP contribution in [0.5, 0.6) is 0 Å². The van der Waals surface area contributed by atoms with Gasteiger partial charge in [-0.05, 0) is 43.2 Å². The van der Waals surface area contributed by atoms with Crippen molar-refractivity contribution in [2.75, 3.05) is 17.7 Å². The average Bonchev–Trinajstić information content (AvgIpc) is 2.91. The summed E-state index contributed by atoms with van der Waals surface area (Å²) < 4.78 is 4.80. The average molecular weight is 424 g/mol. The molecule has 0 bridgehead atoms. The lowest BCUT2D eigenvalue weighted by Crippen LogP contribution is -2.26. The SMILES string of the molecule is CCC(SC1=Nc2ccccc2NC(CC(=O)OC)=C1)C(=O)Nc1ccccc1C. The van der Waals surface area contributed by atoms with Gasteiger partial charge in [-0.1, -0.05) is 49.0 Å². The Hall–Kier alpha value is -3.06. The number of hydrogen-bond acceptors (Lipinski definition) is 6. The molecule has 30 heavy (non-hydrogen) atoms. The van der Waals surface area contributed by atoms with Crippen LogP contribution < -0.4 is 10.6 Å². The van der Waals surface area contributed by atoms with Gasteiger partial charge in [0.25, 0.3) is 0 Å². The Kier molecular flexibility index (Phi) is 7.30. The minimum absolute atomic E-state index is 0.0760. The molecule has 0 fully saturated rings. The Morgan fingerprint density at radius 2 is 1.90 bits per heavy atom. The molecule has 1 atom stereocenters. The number of carbonyl (C=O) groups is 2. The molecule has 0 saturated heterocycles. The Bertz CT molecular complexity index is 1000. The summed E-state index contributed by atoms with van der Waals surface area (Å²) in [4.78, 5) is 29.5. The molecule has 0 aliphatic carbocycles. The summed E-state index contributed by atoms with van der Waals surface area (Å²) >= 11 is 1.38. The number of benzene rings is 2. The molecule has 2 aromatic rings. The van der Waals surface area contributed by atoms with Gasteiger partial charge in [0, 0.05) is 11.4 Å². The standard InChI is InChI=1S/C23H25N3O3S/c1-4-20(23(28)26-17-10-6-5-9-15(17)2)30-21-13-16(14-22(27)29-3)24-18-11-7-8-12-19(18)25-21/h5-13,20,24H,4,14H2,1-3H3,(H,26,28). The number of thioether (sulfide) groups is 1. The Balaban J connectivity index is 1.84. The molecule has 3 rings (SSSR count). The molecular weight excluding hydrogens is 398 g/mol. The normalized spacial score (nSPS) is 13.7. The highest BCUT2D eigenvalue weighted by Crippen LogP contribution is 2.32. The van der Waals surface area contributed by atoms with Crippen molar-refractivity contribution in [2.45, 2.75) is 31.9 Å². The van der Waals surface area contributed by atoms with E-state index in [1.165, 1.54) is 18.9 Å². The fourth-order valence-corrected chi connectivity index (χ4v) is 3.95. The molecule has 1 heterocycles. The molecule has 1 amide bonds. The number of esters is 1. The van der Waals surface area contributed by atoms with Crippen molar-refractivity contribution in [3.63, 3.8) is 0 Å². The van der Waals surface area contributed by atoms with Crippen LogP contribution in [0.3, 0.4) is 0 Å². The lowest BCUT2D eigenvalue weighted by molar-refractivity contribution is -0.139. The number of nitrogens with one attached hydrogen (secondary N) is 2.